The van der Waals surface area contributed by atoms with Crippen LogP contribution < -0.4 is 5.32 Å². The molecule has 4 rings (SSSR count). The van der Waals surface area contributed by atoms with E-state index in [0.29, 0.717) is 17.7 Å². The van der Waals surface area contributed by atoms with Crippen molar-refractivity contribution in [1.29, 1.82) is 0 Å². The Hall–Kier alpha value is -1.19. The van der Waals surface area contributed by atoms with Gasteiger partial charge in [-0.3, -0.25) is 4.79 Å². The fourth-order valence-corrected chi connectivity index (χ4v) is 4.99. The number of carbonyl (C=O) groups is 1. The van der Waals surface area contributed by atoms with Crippen molar-refractivity contribution in [3.05, 3.63) is 34.9 Å². The molecule has 0 aromatic heterocycles. The van der Waals surface area contributed by atoms with Crippen LogP contribution in [0.3, 0.4) is 0 Å². The van der Waals surface area contributed by atoms with Crippen molar-refractivity contribution in [3.8, 4) is 0 Å². The molecule has 2 bridgehead atoms. The molecule has 2 N–H and O–H groups in total. The van der Waals surface area contributed by atoms with E-state index in [0.717, 1.165) is 44.2 Å². The Morgan fingerprint density at radius 1 is 1.40 bits per heavy atom. The van der Waals surface area contributed by atoms with Crippen LogP contribution in [0.25, 0.3) is 0 Å². The zero-order valence-electron chi connectivity index (χ0n) is 11.7. The first kappa shape index (κ1) is 12.5. The summed E-state index contributed by atoms with van der Waals surface area (Å²) in [5, 5.41) is 13.2. The Balaban J connectivity index is 1.96. The smallest absolute Gasteiger partial charge is 0.143 e. The van der Waals surface area contributed by atoms with Gasteiger partial charge in [0.1, 0.15) is 5.78 Å². The maximum absolute atomic E-state index is 12.8. The number of hydrogen-bond donors (Lipinski definition) is 2. The van der Waals surface area contributed by atoms with Crippen LogP contribution in [0.5, 0.6) is 0 Å². The van der Waals surface area contributed by atoms with Crippen LogP contribution in [0.4, 0.5) is 0 Å². The lowest BCUT2D eigenvalue weighted by Gasteiger charge is -2.54. The van der Waals surface area contributed by atoms with Gasteiger partial charge in [-0.05, 0) is 54.8 Å². The SMILES string of the molecule is O=C1CCC[C@H]2[C@H]3Cc4c(CO)cccc4[C@@]12CCN3. The number of rotatable bonds is 1. The average molecular weight is 271 g/mol. The van der Waals surface area contributed by atoms with Gasteiger partial charge in [0.05, 0.1) is 12.0 Å². The highest BCUT2D eigenvalue weighted by Crippen LogP contribution is 2.52. The van der Waals surface area contributed by atoms with Crippen LogP contribution in [-0.4, -0.2) is 23.5 Å². The number of ketones is 1. The second kappa shape index (κ2) is 4.40. The van der Waals surface area contributed by atoms with Crippen molar-refractivity contribution in [2.24, 2.45) is 5.92 Å². The highest BCUT2D eigenvalue weighted by molar-refractivity contribution is 5.92. The van der Waals surface area contributed by atoms with Gasteiger partial charge in [-0.25, -0.2) is 0 Å². The normalized spacial score (nSPS) is 35.4. The number of aliphatic hydroxyl groups is 1. The van der Waals surface area contributed by atoms with Gasteiger partial charge in [0.15, 0.2) is 0 Å². The molecule has 2 fully saturated rings. The standard InChI is InChI=1S/C17H21NO2/c19-10-11-3-1-4-13-12(11)9-15-14-5-2-6-16(20)17(13,14)7-8-18-15/h1,3-4,14-15,18-19H,2,5-10H2/t14-,15+,17+/m0/s1. The summed E-state index contributed by atoms with van der Waals surface area (Å²) in [4.78, 5) is 12.8. The quantitative estimate of drug-likeness (QED) is 0.817. The van der Waals surface area contributed by atoms with Gasteiger partial charge in [0.25, 0.3) is 0 Å². The predicted octanol–water partition coefficient (Wildman–Crippen LogP) is 1.70. The maximum Gasteiger partial charge on any atom is 0.143 e. The molecule has 0 amide bonds. The van der Waals surface area contributed by atoms with Crippen molar-refractivity contribution >= 4 is 5.78 Å². The third-order valence-electron chi connectivity index (χ3n) is 5.81. The van der Waals surface area contributed by atoms with E-state index >= 15 is 0 Å². The lowest BCUT2D eigenvalue weighted by atomic mass is 9.52. The maximum atomic E-state index is 12.8. The molecular formula is C17H21NO2. The molecule has 1 aromatic rings. The summed E-state index contributed by atoms with van der Waals surface area (Å²) in [6.07, 6.45) is 4.82. The van der Waals surface area contributed by atoms with E-state index in [1.807, 2.05) is 12.1 Å². The summed E-state index contributed by atoms with van der Waals surface area (Å²) in [7, 11) is 0. The van der Waals surface area contributed by atoms with Gasteiger partial charge in [-0.2, -0.15) is 0 Å². The topological polar surface area (TPSA) is 49.3 Å². The van der Waals surface area contributed by atoms with Crippen molar-refractivity contribution in [2.75, 3.05) is 6.54 Å². The third kappa shape index (κ3) is 1.45. The van der Waals surface area contributed by atoms with E-state index in [2.05, 4.69) is 11.4 Å². The highest BCUT2D eigenvalue weighted by atomic mass is 16.3. The molecule has 3 atom stereocenters. The second-order valence-electron chi connectivity index (χ2n) is 6.51. The van der Waals surface area contributed by atoms with Crippen LogP contribution in [-0.2, 0) is 23.2 Å². The molecule has 1 saturated heterocycles. The van der Waals surface area contributed by atoms with Gasteiger partial charge in [-0.15, -0.1) is 0 Å². The van der Waals surface area contributed by atoms with Gasteiger partial charge < -0.3 is 10.4 Å². The molecule has 1 aliphatic heterocycles. The fraction of sp³-hybridized carbons (Fsp3) is 0.588. The first-order valence-corrected chi connectivity index (χ1v) is 7.76. The zero-order chi connectivity index (χ0) is 13.7. The Morgan fingerprint density at radius 2 is 2.30 bits per heavy atom. The molecule has 20 heavy (non-hydrogen) atoms. The van der Waals surface area contributed by atoms with Crippen LogP contribution >= 0.6 is 0 Å². The summed E-state index contributed by atoms with van der Waals surface area (Å²) >= 11 is 0. The monoisotopic (exact) mass is 271 g/mol. The number of fused-ring (bicyclic) bond motifs is 1. The molecule has 2 aliphatic carbocycles. The van der Waals surface area contributed by atoms with Crippen molar-refractivity contribution < 1.29 is 9.90 Å². The van der Waals surface area contributed by atoms with Crippen molar-refractivity contribution in [1.82, 2.24) is 5.32 Å². The lowest BCUT2D eigenvalue weighted by molar-refractivity contribution is -0.132. The van der Waals surface area contributed by atoms with Gasteiger partial charge in [-0.1, -0.05) is 18.2 Å². The second-order valence-corrected chi connectivity index (χ2v) is 6.51. The van der Waals surface area contributed by atoms with Gasteiger partial charge in [0, 0.05) is 12.5 Å². The van der Waals surface area contributed by atoms with Crippen LogP contribution in [0.1, 0.15) is 42.4 Å². The molecule has 3 nitrogen and oxygen atoms in total. The van der Waals surface area contributed by atoms with E-state index in [9.17, 15) is 9.90 Å². The minimum atomic E-state index is -0.257. The predicted molar refractivity (Wildman–Crippen MR) is 76.5 cm³/mol. The molecule has 0 unspecified atom stereocenters. The number of Topliss-reactive ketones (excluding diaryl/α,β-unsaturated/α-hetero) is 1. The van der Waals surface area contributed by atoms with Crippen LogP contribution in [0, 0.1) is 5.92 Å². The number of aliphatic hydroxyl groups excluding tert-OH is 1. The molecule has 1 aromatic carbocycles. The van der Waals surface area contributed by atoms with Crippen molar-refractivity contribution in [3.63, 3.8) is 0 Å². The summed E-state index contributed by atoms with van der Waals surface area (Å²) in [6.45, 7) is 1.01. The number of piperidine rings is 1. The summed E-state index contributed by atoms with van der Waals surface area (Å²) in [5.74, 6) is 0.898. The molecule has 0 spiro atoms. The van der Waals surface area contributed by atoms with E-state index in [1.165, 1.54) is 11.1 Å². The molecule has 1 saturated carbocycles. The fourth-order valence-electron chi connectivity index (χ4n) is 4.99. The minimum absolute atomic E-state index is 0.0742. The Labute approximate surface area is 119 Å². The molecule has 3 aliphatic rings. The number of nitrogens with one attached hydrogen (secondary N) is 1. The van der Waals surface area contributed by atoms with Crippen molar-refractivity contribution in [2.45, 2.75) is 50.2 Å². The summed E-state index contributed by atoms with van der Waals surface area (Å²) in [6, 6.07) is 6.57. The third-order valence-corrected chi connectivity index (χ3v) is 5.81. The lowest BCUT2D eigenvalue weighted by Crippen LogP contribution is -2.63. The van der Waals surface area contributed by atoms with Gasteiger partial charge >= 0.3 is 0 Å². The van der Waals surface area contributed by atoms with E-state index < -0.39 is 0 Å². The average Bonchev–Trinajstić information content (AvgIpc) is 2.47. The van der Waals surface area contributed by atoms with E-state index in [4.69, 9.17) is 0 Å². The minimum Gasteiger partial charge on any atom is -0.392 e. The van der Waals surface area contributed by atoms with E-state index in [-0.39, 0.29) is 12.0 Å². The first-order valence-electron chi connectivity index (χ1n) is 7.76. The zero-order valence-corrected chi connectivity index (χ0v) is 11.7. The van der Waals surface area contributed by atoms with Gasteiger partial charge in [0.2, 0.25) is 0 Å². The Bertz CT molecular complexity index is 568. The summed E-state index contributed by atoms with van der Waals surface area (Å²) in [5.41, 5.74) is 3.22. The van der Waals surface area contributed by atoms with E-state index in [1.54, 1.807) is 0 Å². The molecular weight excluding hydrogens is 250 g/mol. The molecule has 1 heterocycles. The molecule has 106 valence electrons. The number of carbonyl (C=O) groups excluding carboxylic acids is 1. The Kier molecular flexibility index (Phi) is 2.76. The van der Waals surface area contributed by atoms with Crippen LogP contribution in [0.15, 0.2) is 18.2 Å². The summed E-state index contributed by atoms with van der Waals surface area (Å²) < 4.78 is 0. The largest absolute Gasteiger partial charge is 0.392 e. The van der Waals surface area contributed by atoms with Crippen LogP contribution in [0.2, 0.25) is 0 Å². The first-order chi connectivity index (χ1) is 9.77. The number of hydrogen-bond acceptors (Lipinski definition) is 3. The Morgan fingerprint density at radius 3 is 3.15 bits per heavy atom. The number of benzene rings is 1. The highest BCUT2D eigenvalue weighted by Gasteiger charge is 2.56. The molecule has 3 heteroatoms. The molecule has 0 radical (unpaired) electrons.